The minimum Gasteiger partial charge on any atom is -0.497 e. The van der Waals surface area contributed by atoms with Crippen molar-refractivity contribution in [1.82, 2.24) is 9.47 Å². The van der Waals surface area contributed by atoms with Crippen LogP contribution in [0.1, 0.15) is 29.9 Å². The number of rotatable bonds is 7. The number of nitrogens with zero attached hydrogens (tertiary/aromatic N) is 4. The summed E-state index contributed by atoms with van der Waals surface area (Å²) in [4.78, 5) is 37.5. The minimum absolute atomic E-state index is 0.193. The molecule has 9 nitrogen and oxygen atoms in total. The van der Waals surface area contributed by atoms with Gasteiger partial charge in [0, 0.05) is 43.9 Å². The maximum absolute atomic E-state index is 14.1. The largest absolute Gasteiger partial charge is 0.497 e. The molecule has 0 N–H and O–H groups in total. The van der Waals surface area contributed by atoms with E-state index in [0.717, 1.165) is 43.2 Å². The van der Waals surface area contributed by atoms with Gasteiger partial charge in [-0.25, -0.2) is 9.79 Å². The third-order valence-corrected chi connectivity index (χ3v) is 8.49. The first-order valence-corrected chi connectivity index (χ1v) is 14.7. The van der Waals surface area contributed by atoms with Gasteiger partial charge in [-0.3, -0.25) is 9.36 Å². The van der Waals surface area contributed by atoms with Crippen molar-refractivity contribution in [2.24, 2.45) is 4.99 Å². The molecule has 1 unspecified atom stereocenters. The van der Waals surface area contributed by atoms with Crippen molar-refractivity contribution in [1.29, 1.82) is 0 Å². The van der Waals surface area contributed by atoms with Gasteiger partial charge >= 0.3 is 5.97 Å². The second kappa shape index (κ2) is 11.8. The Labute approximate surface area is 247 Å². The summed E-state index contributed by atoms with van der Waals surface area (Å²) in [6.07, 6.45) is 1.75. The number of likely N-dealkylation sites (N-methyl/N-ethyl adjacent to an activating group) is 1. The van der Waals surface area contributed by atoms with Crippen LogP contribution in [0.4, 0.5) is 5.88 Å². The van der Waals surface area contributed by atoms with E-state index in [0.29, 0.717) is 32.1 Å². The van der Waals surface area contributed by atoms with Crippen LogP contribution in [0, 0.1) is 0 Å². The van der Waals surface area contributed by atoms with E-state index in [1.165, 1.54) is 11.3 Å². The van der Waals surface area contributed by atoms with E-state index in [2.05, 4.69) is 16.8 Å². The van der Waals surface area contributed by atoms with Crippen molar-refractivity contribution >= 4 is 35.0 Å². The zero-order valence-corrected chi connectivity index (χ0v) is 24.6. The molecule has 1 saturated heterocycles. The normalized spacial score (nSPS) is 17.6. The van der Waals surface area contributed by atoms with Gasteiger partial charge in [0.15, 0.2) is 10.7 Å². The number of carbonyl (C=O) groups is 1. The standard InChI is InChI=1S/C32H32N4O5S/c1-4-40-31(38)27-28(21-8-6-5-7-9-21)33-32-36(29(27)22-10-12-23(39-3)13-11-22)30(37)25(42-32)20-24-14-15-26(41-24)35-18-16-34(2)17-19-35/h5-15,20,29H,4,16-19H2,1-3H3. The molecular weight excluding hydrogens is 552 g/mol. The molecule has 1 fully saturated rings. The van der Waals surface area contributed by atoms with Crippen molar-refractivity contribution in [2.75, 3.05) is 51.8 Å². The van der Waals surface area contributed by atoms with Gasteiger partial charge in [0.2, 0.25) is 0 Å². The molecule has 0 aliphatic carbocycles. The van der Waals surface area contributed by atoms with Gasteiger partial charge < -0.3 is 23.7 Å². The molecule has 0 bridgehead atoms. The van der Waals surface area contributed by atoms with Gasteiger partial charge in [-0.1, -0.05) is 53.8 Å². The Balaban J connectivity index is 1.51. The third kappa shape index (κ3) is 5.31. The fourth-order valence-corrected chi connectivity index (χ4v) is 6.27. The Morgan fingerprint density at radius 3 is 2.48 bits per heavy atom. The lowest BCUT2D eigenvalue weighted by Gasteiger charge is -2.32. The summed E-state index contributed by atoms with van der Waals surface area (Å²) in [5.74, 6) is 1.53. The summed E-state index contributed by atoms with van der Waals surface area (Å²) in [5, 5.41) is 0. The van der Waals surface area contributed by atoms with Crippen molar-refractivity contribution < 1.29 is 18.7 Å². The van der Waals surface area contributed by atoms with Crippen molar-refractivity contribution in [3.05, 3.63) is 109 Å². The summed E-state index contributed by atoms with van der Waals surface area (Å²) >= 11 is 1.27. The molecule has 2 aliphatic rings. The number of ether oxygens (including phenoxy) is 2. The van der Waals surface area contributed by atoms with Crippen LogP contribution in [0.2, 0.25) is 0 Å². The third-order valence-electron chi connectivity index (χ3n) is 7.51. The van der Waals surface area contributed by atoms with Crippen LogP contribution in [-0.2, 0) is 9.53 Å². The van der Waals surface area contributed by atoms with Crippen LogP contribution in [0.5, 0.6) is 5.75 Å². The second-order valence-electron chi connectivity index (χ2n) is 10.2. The Morgan fingerprint density at radius 2 is 1.79 bits per heavy atom. The van der Waals surface area contributed by atoms with E-state index in [1.54, 1.807) is 24.7 Å². The molecule has 0 amide bonds. The fourth-order valence-electron chi connectivity index (χ4n) is 5.29. The molecule has 0 saturated carbocycles. The first kappa shape index (κ1) is 27.7. The topological polar surface area (TPSA) is 89.5 Å². The van der Waals surface area contributed by atoms with Gasteiger partial charge in [-0.15, -0.1) is 0 Å². The highest BCUT2D eigenvalue weighted by molar-refractivity contribution is 7.07. The zero-order chi connectivity index (χ0) is 29.2. The number of carbonyl (C=O) groups excluding carboxylic acids is 1. The number of aromatic nitrogens is 1. The molecule has 1 atom stereocenters. The molecule has 10 heteroatoms. The monoisotopic (exact) mass is 584 g/mol. The average Bonchev–Trinajstić information content (AvgIpc) is 3.61. The highest BCUT2D eigenvalue weighted by Gasteiger charge is 2.35. The molecule has 2 aliphatic heterocycles. The van der Waals surface area contributed by atoms with Crippen LogP contribution in [-0.4, -0.2) is 62.4 Å². The number of piperazine rings is 1. The van der Waals surface area contributed by atoms with Crippen LogP contribution >= 0.6 is 11.3 Å². The number of methoxy groups -OCH3 is 1. The van der Waals surface area contributed by atoms with E-state index >= 15 is 0 Å². The van der Waals surface area contributed by atoms with E-state index in [9.17, 15) is 9.59 Å². The van der Waals surface area contributed by atoms with Crippen molar-refractivity contribution in [3.63, 3.8) is 0 Å². The molecular formula is C32H32N4O5S. The van der Waals surface area contributed by atoms with Crippen LogP contribution < -0.4 is 24.5 Å². The second-order valence-corrected chi connectivity index (χ2v) is 11.2. The lowest BCUT2D eigenvalue weighted by molar-refractivity contribution is -0.138. The molecule has 0 radical (unpaired) electrons. The van der Waals surface area contributed by atoms with E-state index in [4.69, 9.17) is 18.9 Å². The quantitative estimate of drug-likeness (QED) is 0.308. The minimum atomic E-state index is -0.749. The molecule has 2 aromatic heterocycles. The number of hydrogen-bond donors (Lipinski definition) is 0. The van der Waals surface area contributed by atoms with Gasteiger partial charge in [-0.2, -0.15) is 0 Å². The fraction of sp³-hybridized carbons (Fsp3) is 0.281. The maximum atomic E-state index is 14.1. The van der Waals surface area contributed by atoms with Crippen molar-refractivity contribution in [3.8, 4) is 5.75 Å². The highest BCUT2D eigenvalue weighted by Crippen LogP contribution is 2.35. The molecule has 0 spiro atoms. The van der Waals surface area contributed by atoms with Gasteiger partial charge in [-0.05, 0) is 37.7 Å². The molecule has 4 aromatic rings. The smallest absolute Gasteiger partial charge is 0.338 e. The first-order chi connectivity index (χ1) is 20.5. The van der Waals surface area contributed by atoms with Gasteiger partial charge in [0.05, 0.1) is 35.6 Å². The molecule has 2 aromatic carbocycles. The summed E-state index contributed by atoms with van der Waals surface area (Å²) in [5.41, 5.74) is 2.04. The summed E-state index contributed by atoms with van der Waals surface area (Å²) in [7, 11) is 3.71. The Kier molecular flexibility index (Phi) is 7.82. The Morgan fingerprint density at radius 1 is 1.05 bits per heavy atom. The van der Waals surface area contributed by atoms with Crippen LogP contribution in [0.25, 0.3) is 11.8 Å². The number of anilines is 1. The first-order valence-electron chi connectivity index (χ1n) is 13.9. The molecule has 216 valence electrons. The van der Waals surface area contributed by atoms with E-state index in [1.807, 2.05) is 66.7 Å². The number of benzene rings is 2. The number of hydrogen-bond acceptors (Lipinski definition) is 9. The SMILES string of the molecule is CCOC(=O)C1=C(c2ccccc2)N=c2sc(=Cc3ccc(N4CCN(C)CC4)o3)c(=O)n2C1c1ccc(OC)cc1. The van der Waals surface area contributed by atoms with Crippen LogP contribution in [0.3, 0.4) is 0 Å². The Hall–Kier alpha value is -4.41. The Bertz CT molecular complexity index is 1800. The molecule has 6 rings (SSSR count). The van der Waals surface area contributed by atoms with E-state index < -0.39 is 12.0 Å². The highest BCUT2D eigenvalue weighted by atomic mass is 32.1. The van der Waals surface area contributed by atoms with Crippen molar-refractivity contribution in [2.45, 2.75) is 13.0 Å². The molecule has 42 heavy (non-hydrogen) atoms. The number of thiazole rings is 1. The van der Waals surface area contributed by atoms with E-state index in [-0.39, 0.29) is 12.2 Å². The molecule has 4 heterocycles. The van der Waals surface area contributed by atoms with Gasteiger partial charge in [0.25, 0.3) is 5.56 Å². The number of esters is 1. The lowest BCUT2D eigenvalue weighted by Crippen LogP contribution is -2.44. The predicted molar refractivity (Wildman–Crippen MR) is 162 cm³/mol. The zero-order valence-electron chi connectivity index (χ0n) is 23.8. The number of fused-ring (bicyclic) bond motifs is 1. The number of furan rings is 1. The lowest BCUT2D eigenvalue weighted by atomic mass is 9.93. The maximum Gasteiger partial charge on any atom is 0.338 e. The summed E-state index contributed by atoms with van der Waals surface area (Å²) in [6.45, 7) is 5.65. The summed E-state index contributed by atoms with van der Waals surface area (Å²) < 4.78 is 19.1. The predicted octanol–water partition coefficient (Wildman–Crippen LogP) is 3.29. The average molecular weight is 585 g/mol. The summed E-state index contributed by atoms with van der Waals surface area (Å²) in [6, 6.07) is 19.9. The van der Waals surface area contributed by atoms with Gasteiger partial charge in [0.1, 0.15) is 11.5 Å². The van der Waals surface area contributed by atoms with Crippen LogP contribution in [0.15, 0.2) is 86.5 Å².